The maximum Gasteiger partial charge on any atom is 0.315 e. The molecule has 1 atom stereocenters. The van der Waals surface area contributed by atoms with Gasteiger partial charge in [-0.1, -0.05) is 18.1 Å². The van der Waals surface area contributed by atoms with E-state index in [9.17, 15) is 9.18 Å². The molecule has 0 aliphatic carbocycles. The van der Waals surface area contributed by atoms with E-state index in [1.807, 2.05) is 6.92 Å². The summed E-state index contributed by atoms with van der Waals surface area (Å²) in [7, 11) is 0. The molecular weight excluding hydrogens is 277 g/mol. The summed E-state index contributed by atoms with van der Waals surface area (Å²) in [4.78, 5) is 16.0. The minimum Gasteiger partial charge on any atom is -0.491 e. The van der Waals surface area contributed by atoms with E-state index in [4.69, 9.17) is 9.26 Å². The molecule has 0 fully saturated rings. The highest BCUT2D eigenvalue weighted by Gasteiger charge is 2.24. The molecule has 1 amide bonds. The van der Waals surface area contributed by atoms with Gasteiger partial charge >= 0.3 is 11.8 Å². The largest absolute Gasteiger partial charge is 0.491 e. The number of nitrogens with one attached hydrogen (secondary N) is 1. The van der Waals surface area contributed by atoms with Crippen molar-refractivity contribution in [2.75, 3.05) is 6.61 Å². The van der Waals surface area contributed by atoms with E-state index in [-0.39, 0.29) is 24.4 Å². The fourth-order valence-corrected chi connectivity index (χ4v) is 2.18. The number of aromatic nitrogens is 2. The monoisotopic (exact) mass is 291 g/mol. The highest BCUT2D eigenvalue weighted by molar-refractivity contribution is 5.89. The topological polar surface area (TPSA) is 77.2 Å². The van der Waals surface area contributed by atoms with Crippen LogP contribution in [0.1, 0.15) is 29.0 Å². The van der Waals surface area contributed by atoms with Crippen molar-refractivity contribution in [3.05, 3.63) is 41.3 Å². The summed E-state index contributed by atoms with van der Waals surface area (Å²) < 4.78 is 23.4. The van der Waals surface area contributed by atoms with Crippen LogP contribution in [0.3, 0.4) is 0 Å². The minimum absolute atomic E-state index is 0.0586. The second-order valence-electron chi connectivity index (χ2n) is 4.81. The number of ether oxygens (including phenoxy) is 1. The number of nitrogens with zero attached hydrogens (tertiary/aromatic N) is 2. The van der Waals surface area contributed by atoms with Crippen molar-refractivity contribution in [1.82, 2.24) is 15.5 Å². The molecule has 21 heavy (non-hydrogen) atoms. The summed E-state index contributed by atoms with van der Waals surface area (Å²) >= 11 is 0. The van der Waals surface area contributed by atoms with Gasteiger partial charge < -0.3 is 14.6 Å². The quantitative estimate of drug-likeness (QED) is 0.927. The number of rotatable bonds is 3. The summed E-state index contributed by atoms with van der Waals surface area (Å²) in [6.07, 6.45) is 1.17. The maximum absolute atomic E-state index is 13.1. The van der Waals surface area contributed by atoms with Gasteiger partial charge in [-0.15, -0.1) is 0 Å². The third-order valence-electron chi connectivity index (χ3n) is 3.25. The number of benzene rings is 1. The molecule has 1 aromatic heterocycles. The van der Waals surface area contributed by atoms with Crippen molar-refractivity contribution >= 4 is 5.91 Å². The number of amides is 1. The Kier molecular flexibility index (Phi) is 3.55. The van der Waals surface area contributed by atoms with E-state index in [1.165, 1.54) is 12.1 Å². The Hall–Kier alpha value is -2.44. The Bertz CT molecular complexity index is 671. The zero-order valence-electron chi connectivity index (χ0n) is 11.4. The van der Waals surface area contributed by atoms with Crippen molar-refractivity contribution < 1.29 is 18.4 Å². The third-order valence-corrected chi connectivity index (χ3v) is 3.25. The van der Waals surface area contributed by atoms with Gasteiger partial charge in [-0.2, -0.15) is 4.98 Å². The zero-order chi connectivity index (χ0) is 14.8. The van der Waals surface area contributed by atoms with Crippen LogP contribution < -0.4 is 10.1 Å². The number of hydrogen-bond donors (Lipinski definition) is 1. The SMILES string of the molecule is CCc1noc(C(=O)NC2COc3cc(F)ccc3C2)n1. The molecule has 0 saturated carbocycles. The number of aryl methyl sites for hydroxylation is 1. The van der Waals surface area contributed by atoms with Crippen LogP contribution in [-0.4, -0.2) is 28.7 Å². The second-order valence-corrected chi connectivity index (χ2v) is 4.81. The number of carbonyl (C=O) groups is 1. The van der Waals surface area contributed by atoms with Crippen LogP contribution in [-0.2, 0) is 12.8 Å². The highest BCUT2D eigenvalue weighted by atomic mass is 19.1. The summed E-state index contributed by atoms with van der Waals surface area (Å²) in [5.41, 5.74) is 0.854. The Morgan fingerprint density at radius 1 is 1.52 bits per heavy atom. The van der Waals surface area contributed by atoms with Crippen LogP contribution in [0.4, 0.5) is 4.39 Å². The lowest BCUT2D eigenvalue weighted by Crippen LogP contribution is -2.42. The summed E-state index contributed by atoms with van der Waals surface area (Å²) in [5.74, 6) is 0.180. The molecule has 1 aromatic carbocycles. The predicted molar refractivity (Wildman–Crippen MR) is 70.5 cm³/mol. The summed E-state index contributed by atoms with van der Waals surface area (Å²) in [5, 5.41) is 6.45. The Labute approximate surface area is 120 Å². The van der Waals surface area contributed by atoms with Crippen molar-refractivity contribution in [2.24, 2.45) is 0 Å². The first kappa shape index (κ1) is 13.5. The molecule has 6 nitrogen and oxygen atoms in total. The van der Waals surface area contributed by atoms with Crippen LogP contribution in [0, 0.1) is 5.82 Å². The standard InChI is InChI=1S/C14H14FN3O3/c1-2-12-17-14(21-18-12)13(19)16-10-5-8-3-4-9(15)6-11(8)20-7-10/h3-4,6,10H,2,5,7H2,1H3,(H,16,19). The number of fused-ring (bicyclic) bond motifs is 1. The van der Waals surface area contributed by atoms with Gasteiger partial charge in [-0.3, -0.25) is 4.79 Å². The van der Waals surface area contributed by atoms with Crippen LogP contribution in [0.2, 0.25) is 0 Å². The fourth-order valence-electron chi connectivity index (χ4n) is 2.18. The lowest BCUT2D eigenvalue weighted by Gasteiger charge is -2.25. The van der Waals surface area contributed by atoms with E-state index >= 15 is 0 Å². The molecule has 0 bridgehead atoms. The molecule has 1 unspecified atom stereocenters. The average molecular weight is 291 g/mol. The number of hydrogen-bond acceptors (Lipinski definition) is 5. The number of carbonyl (C=O) groups excluding carboxylic acids is 1. The van der Waals surface area contributed by atoms with Crippen LogP contribution in [0.5, 0.6) is 5.75 Å². The lowest BCUT2D eigenvalue weighted by atomic mass is 10.0. The van der Waals surface area contributed by atoms with E-state index in [0.29, 0.717) is 24.4 Å². The van der Waals surface area contributed by atoms with Crippen molar-refractivity contribution in [2.45, 2.75) is 25.8 Å². The smallest absolute Gasteiger partial charge is 0.315 e. The lowest BCUT2D eigenvalue weighted by molar-refractivity contribution is 0.0871. The van der Waals surface area contributed by atoms with Gasteiger partial charge in [0, 0.05) is 12.5 Å². The first-order valence-corrected chi connectivity index (χ1v) is 6.70. The third kappa shape index (κ3) is 2.86. The first-order valence-electron chi connectivity index (χ1n) is 6.70. The van der Waals surface area contributed by atoms with Crippen molar-refractivity contribution in [1.29, 1.82) is 0 Å². The van der Waals surface area contributed by atoms with E-state index < -0.39 is 5.91 Å². The van der Waals surface area contributed by atoms with E-state index in [1.54, 1.807) is 6.07 Å². The van der Waals surface area contributed by atoms with Gasteiger partial charge in [0.1, 0.15) is 18.2 Å². The molecule has 0 radical (unpaired) electrons. The van der Waals surface area contributed by atoms with Gasteiger partial charge in [0.25, 0.3) is 0 Å². The number of halogens is 1. The predicted octanol–water partition coefficient (Wildman–Crippen LogP) is 1.50. The molecule has 1 aliphatic rings. The van der Waals surface area contributed by atoms with Gasteiger partial charge in [0.2, 0.25) is 0 Å². The van der Waals surface area contributed by atoms with E-state index in [2.05, 4.69) is 15.5 Å². The molecule has 0 saturated heterocycles. The molecule has 3 rings (SSSR count). The maximum atomic E-state index is 13.1. The van der Waals surface area contributed by atoms with Crippen LogP contribution >= 0.6 is 0 Å². The normalized spacial score (nSPS) is 17.0. The van der Waals surface area contributed by atoms with E-state index in [0.717, 1.165) is 5.56 Å². The Balaban J connectivity index is 1.66. The molecule has 2 heterocycles. The summed E-state index contributed by atoms with van der Waals surface area (Å²) in [6.45, 7) is 2.15. The highest BCUT2D eigenvalue weighted by Crippen LogP contribution is 2.25. The Morgan fingerprint density at radius 3 is 3.14 bits per heavy atom. The zero-order valence-corrected chi connectivity index (χ0v) is 11.4. The average Bonchev–Trinajstić information content (AvgIpc) is 2.96. The molecular formula is C14H14FN3O3. The van der Waals surface area contributed by atoms with Crippen molar-refractivity contribution in [3.8, 4) is 5.75 Å². The molecule has 2 aromatic rings. The molecule has 7 heteroatoms. The van der Waals surface area contributed by atoms with Crippen LogP contribution in [0.15, 0.2) is 22.7 Å². The molecule has 1 aliphatic heterocycles. The van der Waals surface area contributed by atoms with Gasteiger partial charge in [-0.25, -0.2) is 4.39 Å². The van der Waals surface area contributed by atoms with Gasteiger partial charge in [-0.05, 0) is 18.1 Å². The first-order chi connectivity index (χ1) is 10.2. The second kappa shape index (κ2) is 5.51. The van der Waals surface area contributed by atoms with Crippen LogP contribution in [0.25, 0.3) is 0 Å². The summed E-state index contributed by atoms with van der Waals surface area (Å²) in [6, 6.07) is 4.16. The van der Waals surface area contributed by atoms with Gasteiger partial charge in [0.05, 0.1) is 6.04 Å². The molecule has 1 N–H and O–H groups in total. The molecule has 0 spiro atoms. The molecule has 110 valence electrons. The Morgan fingerprint density at radius 2 is 2.38 bits per heavy atom. The minimum atomic E-state index is -0.429. The van der Waals surface area contributed by atoms with Gasteiger partial charge in [0.15, 0.2) is 5.82 Å². The fraction of sp³-hybridized carbons (Fsp3) is 0.357. The van der Waals surface area contributed by atoms with Crippen molar-refractivity contribution in [3.63, 3.8) is 0 Å².